The molecule has 0 aliphatic rings. The van der Waals surface area contributed by atoms with Gasteiger partial charge in [-0.3, -0.25) is 14.5 Å². The molecule has 27 heavy (non-hydrogen) atoms. The van der Waals surface area contributed by atoms with E-state index in [0.29, 0.717) is 12.4 Å². The van der Waals surface area contributed by atoms with Gasteiger partial charge in [0.15, 0.2) is 5.82 Å². The number of nitrogens with zero attached hydrogens (tertiary/aromatic N) is 4. The summed E-state index contributed by atoms with van der Waals surface area (Å²) in [5.41, 5.74) is 1.63. The smallest absolute Gasteiger partial charge is 0.231 e. The van der Waals surface area contributed by atoms with Gasteiger partial charge >= 0.3 is 0 Å². The Morgan fingerprint density at radius 1 is 1.19 bits per heavy atom. The van der Waals surface area contributed by atoms with Crippen molar-refractivity contribution < 1.29 is 4.79 Å². The van der Waals surface area contributed by atoms with Crippen LogP contribution in [0.2, 0.25) is 4.34 Å². The highest BCUT2D eigenvalue weighted by Crippen LogP contribution is 2.32. The number of carbonyl (C=O) groups is 1. The van der Waals surface area contributed by atoms with Crippen molar-refractivity contribution in [3.05, 3.63) is 69.9 Å². The standard InChI is InChI=1S/C18H14ClN5OS2/c19-15-5-4-14(27-15)18-21-13(11-26-18)9-17(25)22-16-6-8-24(23-16)10-12-3-1-2-7-20-12/h1-8,11H,9-10H2,(H,22,23,25). The maximum Gasteiger partial charge on any atom is 0.231 e. The lowest BCUT2D eigenvalue weighted by molar-refractivity contribution is -0.115. The highest BCUT2D eigenvalue weighted by Gasteiger charge is 2.12. The second-order valence-electron chi connectivity index (χ2n) is 5.69. The van der Waals surface area contributed by atoms with Gasteiger partial charge in [-0.25, -0.2) is 4.98 Å². The minimum Gasteiger partial charge on any atom is -0.309 e. The zero-order chi connectivity index (χ0) is 18.6. The number of carbonyl (C=O) groups excluding carboxylic acids is 1. The van der Waals surface area contributed by atoms with Crippen molar-refractivity contribution in [1.82, 2.24) is 19.7 Å². The van der Waals surface area contributed by atoms with Crippen LogP contribution in [0.15, 0.2) is 54.2 Å². The predicted molar refractivity (Wildman–Crippen MR) is 108 cm³/mol. The van der Waals surface area contributed by atoms with Gasteiger partial charge in [0, 0.05) is 23.8 Å². The van der Waals surface area contributed by atoms with E-state index in [4.69, 9.17) is 11.6 Å². The van der Waals surface area contributed by atoms with Crippen LogP contribution in [-0.4, -0.2) is 25.7 Å². The summed E-state index contributed by atoms with van der Waals surface area (Å²) in [5.74, 6) is 0.357. The molecule has 0 aliphatic heterocycles. The van der Waals surface area contributed by atoms with E-state index < -0.39 is 0 Å². The first-order valence-electron chi connectivity index (χ1n) is 8.09. The SMILES string of the molecule is O=C(Cc1csc(-c2ccc(Cl)s2)n1)Nc1ccn(Cc2ccccn2)n1. The summed E-state index contributed by atoms with van der Waals surface area (Å²) >= 11 is 8.94. The average molecular weight is 416 g/mol. The van der Waals surface area contributed by atoms with Gasteiger partial charge in [-0.15, -0.1) is 22.7 Å². The lowest BCUT2D eigenvalue weighted by Crippen LogP contribution is -2.15. The number of anilines is 1. The van der Waals surface area contributed by atoms with Gasteiger partial charge in [-0.2, -0.15) is 5.10 Å². The number of hydrogen-bond acceptors (Lipinski definition) is 6. The monoisotopic (exact) mass is 415 g/mol. The summed E-state index contributed by atoms with van der Waals surface area (Å²) in [4.78, 5) is 22.1. The van der Waals surface area contributed by atoms with Crippen LogP contribution >= 0.6 is 34.3 Å². The van der Waals surface area contributed by atoms with Crippen molar-refractivity contribution >= 4 is 46.0 Å². The van der Waals surface area contributed by atoms with Crippen LogP contribution in [0.5, 0.6) is 0 Å². The van der Waals surface area contributed by atoms with Crippen LogP contribution in [-0.2, 0) is 17.8 Å². The number of hydrogen-bond donors (Lipinski definition) is 1. The Morgan fingerprint density at radius 2 is 2.11 bits per heavy atom. The van der Waals surface area contributed by atoms with Crippen LogP contribution < -0.4 is 5.32 Å². The first-order chi connectivity index (χ1) is 13.2. The molecule has 0 aliphatic carbocycles. The number of thiophene rings is 1. The fourth-order valence-electron chi connectivity index (χ4n) is 2.46. The summed E-state index contributed by atoms with van der Waals surface area (Å²) in [5, 5.41) is 9.92. The molecule has 0 saturated carbocycles. The van der Waals surface area contributed by atoms with E-state index in [2.05, 4.69) is 20.4 Å². The molecule has 4 aromatic heterocycles. The van der Waals surface area contributed by atoms with Crippen molar-refractivity contribution in [1.29, 1.82) is 0 Å². The van der Waals surface area contributed by atoms with Gasteiger partial charge in [0.25, 0.3) is 0 Å². The Kier molecular flexibility index (Phi) is 5.28. The zero-order valence-electron chi connectivity index (χ0n) is 14.0. The van der Waals surface area contributed by atoms with Gasteiger partial charge in [-0.05, 0) is 24.3 Å². The molecule has 1 amide bonds. The minimum absolute atomic E-state index is 0.154. The average Bonchev–Trinajstić information content (AvgIpc) is 3.38. The molecule has 9 heteroatoms. The van der Waals surface area contributed by atoms with Crippen molar-refractivity contribution in [2.45, 2.75) is 13.0 Å². The van der Waals surface area contributed by atoms with E-state index in [-0.39, 0.29) is 12.3 Å². The molecule has 4 heterocycles. The second-order valence-corrected chi connectivity index (χ2v) is 8.27. The zero-order valence-corrected chi connectivity index (χ0v) is 16.4. The maximum atomic E-state index is 12.3. The minimum atomic E-state index is -0.154. The Morgan fingerprint density at radius 3 is 2.89 bits per heavy atom. The molecule has 0 atom stereocenters. The van der Waals surface area contributed by atoms with E-state index in [0.717, 1.165) is 25.6 Å². The van der Waals surface area contributed by atoms with Gasteiger partial charge in [0.2, 0.25) is 5.91 Å². The summed E-state index contributed by atoms with van der Waals surface area (Å²) in [6.45, 7) is 0.551. The normalized spacial score (nSPS) is 10.9. The third-order valence-corrected chi connectivity index (χ3v) is 5.93. The highest BCUT2D eigenvalue weighted by molar-refractivity contribution is 7.23. The second kappa shape index (κ2) is 7.99. The number of thiazole rings is 1. The molecular formula is C18H14ClN5OS2. The van der Waals surface area contributed by atoms with Crippen LogP contribution in [0.25, 0.3) is 9.88 Å². The molecule has 0 aromatic carbocycles. The predicted octanol–water partition coefficient (Wildman–Crippen LogP) is 4.35. The van der Waals surface area contributed by atoms with Crippen LogP contribution in [0.1, 0.15) is 11.4 Å². The quantitative estimate of drug-likeness (QED) is 0.508. The van der Waals surface area contributed by atoms with Gasteiger partial charge in [-0.1, -0.05) is 17.7 Å². The van der Waals surface area contributed by atoms with E-state index in [1.165, 1.54) is 22.7 Å². The maximum absolute atomic E-state index is 12.3. The van der Waals surface area contributed by atoms with Crippen LogP contribution in [0.4, 0.5) is 5.82 Å². The molecule has 6 nitrogen and oxygen atoms in total. The number of aromatic nitrogens is 4. The summed E-state index contributed by atoms with van der Waals surface area (Å²) in [6, 6.07) is 11.3. The number of halogens is 1. The Balaban J connectivity index is 1.35. The Hall–Kier alpha value is -2.55. The fraction of sp³-hybridized carbons (Fsp3) is 0.111. The number of rotatable bonds is 6. The van der Waals surface area contributed by atoms with Gasteiger partial charge in [0.1, 0.15) is 5.01 Å². The Labute approximate surface area is 168 Å². The van der Waals surface area contributed by atoms with Gasteiger partial charge < -0.3 is 5.32 Å². The van der Waals surface area contributed by atoms with E-state index in [1.54, 1.807) is 16.9 Å². The topological polar surface area (TPSA) is 72.7 Å². The molecule has 136 valence electrons. The summed E-state index contributed by atoms with van der Waals surface area (Å²) in [7, 11) is 0. The fourth-order valence-corrected chi connectivity index (χ4v) is 4.39. The van der Waals surface area contributed by atoms with E-state index in [1.807, 2.05) is 41.9 Å². The molecule has 4 rings (SSSR count). The summed E-state index contributed by atoms with van der Waals surface area (Å²) < 4.78 is 2.46. The van der Waals surface area contributed by atoms with Crippen molar-refractivity contribution in [3.8, 4) is 9.88 Å². The molecule has 0 fully saturated rings. The lowest BCUT2D eigenvalue weighted by atomic mass is 10.3. The first kappa shape index (κ1) is 17.8. The van der Waals surface area contributed by atoms with Crippen LogP contribution in [0, 0.1) is 0 Å². The number of amides is 1. The van der Waals surface area contributed by atoms with Gasteiger partial charge in [0.05, 0.1) is 33.6 Å². The summed E-state index contributed by atoms with van der Waals surface area (Å²) in [6.07, 6.45) is 3.75. The molecule has 0 radical (unpaired) electrons. The van der Waals surface area contributed by atoms with Crippen molar-refractivity contribution in [3.63, 3.8) is 0 Å². The molecule has 4 aromatic rings. The van der Waals surface area contributed by atoms with Crippen LogP contribution in [0.3, 0.4) is 0 Å². The molecule has 0 spiro atoms. The molecule has 1 N–H and O–H groups in total. The molecule has 0 unspecified atom stereocenters. The molecule has 0 bridgehead atoms. The highest BCUT2D eigenvalue weighted by atomic mass is 35.5. The number of nitrogens with one attached hydrogen (secondary N) is 1. The first-order valence-corrected chi connectivity index (χ1v) is 10.2. The van der Waals surface area contributed by atoms with E-state index in [9.17, 15) is 4.79 Å². The van der Waals surface area contributed by atoms with Crippen molar-refractivity contribution in [2.24, 2.45) is 0 Å². The largest absolute Gasteiger partial charge is 0.309 e. The number of pyridine rings is 1. The lowest BCUT2D eigenvalue weighted by Gasteiger charge is -2.01. The van der Waals surface area contributed by atoms with Crippen molar-refractivity contribution in [2.75, 3.05) is 5.32 Å². The third-order valence-electron chi connectivity index (χ3n) is 3.64. The molecule has 0 saturated heterocycles. The Bertz CT molecular complexity index is 1060. The third kappa shape index (κ3) is 4.60. The molecular weight excluding hydrogens is 402 g/mol. The van der Waals surface area contributed by atoms with E-state index >= 15 is 0 Å².